The lowest BCUT2D eigenvalue weighted by Crippen LogP contribution is -2.40. The maximum absolute atomic E-state index is 13.5. The summed E-state index contributed by atoms with van der Waals surface area (Å²) in [5.41, 5.74) is 2.60. The molecule has 3 aromatic rings. The summed E-state index contributed by atoms with van der Waals surface area (Å²) in [5.74, 6) is 1.27. The van der Waals surface area contributed by atoms with E-state index in [0.29, 0.717) is 41.8 Å². The summed E-state index contributed by atoms with van der Waals surface area (Å²) in [4.78, 5) is 17.8. The molecule has 4 rings (SSSR count). The average Bonchev–Trinajstić information content (AvgIpc) is 2.91. The van der Waals surface area contributed by atoms with Crippen LogP contribution in [0.5, 0.6) is 11.5 Å². The Balaban J connectivity index is 1.49. The largest absolute Gasteiger partial charge is 0.493 e. The van der Waals surface area contributed by atoms with Gasteiger partial charge in [-0.1, -0.05) is 66.6 Å². The maximum atomic E-state index is 13.5. The minimum atomic E-state index is -0.0593. The highest BCUT2D eigenvalue weighted by atomic mass is 35.5. The quantitative estimate of drug-likeness (QED) is 0.345. The number of ether oxygens (including phenoxy) is 2. The molecule has 0 N–H and O–H groups in total. The predicted octanol–water partition coefficient (Wildman–Crippen LogP) is 6.06. The monoisotopic (exact) mass is 492 g/mol. The highest BCUT2D eigenvalue weighted by Gasteiger charge is 2.21. The Labute approximate surface area is 213 Å². The Morgan fingerprint density at radius 1 is 0.914 bits per heavy atom. The van der Waals surface area contributed by atoms with Gasteiger partial charge in [0, 0.05) is 19.6 Å². The van der Waals surface area contributed by atoms with Crippen molar-refractivity contribution in [1.29, 1.82) is 0 Å². The number of hydrogen-bond acceptors (Lipinski definition) is 4. The van der Waals surface area contributed by atoms with Gasteiger partial charge in [0.25, 0.3) is 5.91 Å². The Morgan fingerprint density at radius 3 is 2.40 bits per heavy atom. The van der Waals surface area contributed by atoms with Crippen molar-refractivity contribution in [3.63, 3.8) is 0 Å². The number of nitrogens with zero attached hydrogens (tertiary/aromatic N) is 2. The molecule has 0 aromatic heterocycles. The maximum Gasteiger partial charge on any atom is 0.255 e. The Morgan fingerprint density at radius 2 is 1.66 bits per heavy atom. The summed E-state index contributed by atoms with van der Waals surface area (Å²) in [6.07, 6.45) is 3.73. The van der Waals surface area contributed by atoms with Gasteiger partial charge in [-0.05, 0) is 61.3 Å². The molecule has 1 fully saturated rings. The van der Waals surface area contributed by atoms with Crippen molar-refractivity contribution in [1.82, 2.24) is 9.80 Å². The Hall–Kier alpha value is -3.02. The van der Waals surface area contributed by atoms with Gasteiger partial charge in [-0.15, -0.1) is 0 Å². The summed E-state index contributed by atoms with van der Waals surface area (Å²) >= 11 is 6.37. The molecule has 5 nitrogen and oxygen atoms in total. The van der Waals surface area contributed by atoms with Crippen LogP contribution in [0.4, 0.5) is 0 Å². The van der Waals surface area contributed by atoms with E-state index >= 15 is 0 Å². The van der Waals surface area contributed by atoms with Crippen LogP contribution in [0.1, 0.15) is 40.7 Å². The number of hydrogen-bond donors (Lipinski definition) is 0. The topological polar surface area (TPSA) is 42.0 Å². The molecule has 1 aliphatic rings. The molecule has 0 unspecified atom stereocenters. The number of likely N-dealkylation sites (tertiary alicyclic amines) is 1. The second-order valence-corrected chi connectivity index (χ2v) is 9.28. The first-order chi connectivity index (χ1) is 17.1. The molecule has 184 valence electrons. The normalized spacial score (nSPS) is 13.9. The predicted molar refractivity (Wildman–Crippen MR) is 140 cm³/mol. The third-order valence-electron chi connectivity index (χ3n) is 6.36. The molecule has 0 bridgehead atoms. The third-order valence-corrected chi connectivity index (χ3v) is 6.69. The molecule has 1 saturated heterocycles. The van der Waals surface area contributed by atoms with Crippen molar-refractivity contribution in [3.05, 3.63) is 94.5 Å². The second-order valence-electron chi connectivity index (χ2n) is 8.87. The fourth-order valence-electron chi connectivity index (χ4n) is 4.39. The Kier molecular flexibility index (Phi) is 9.04. The van der Waals surface area contributed by atoms with Gasteiger partial charge >= 0.3 is 0 Å². The molecule has 3 aromatic carbocycles. The summed E-state index contributed by atoms with van der Waals surface area (Å²) in [5, 5.41) is 0.475. The number of carbonyl (C=O) groups excluding carboxylic acids is 1. The van der Waals surface area contributed by atoms with E-state index in [2.05, 4.69) is 4.90 Å². The van der Waals surface area contributed by atoms with Crippen molar-refractivity contribution in [2.45, 2.75) is 32.4 Å². The molecule has 1 amide bonds. The number of piperidine rings is 1. The summed E-state index contributed by atoms with van der Waals surface area (Å²) < 4.78 is 11.6. The number of methoxy groups -OCH3 is 1. The molecule has 1 heterocycles. The molecular formula is C29H33ClN2O3. The third kappa shape index (κ3) is 7.00. The van der Waals surface area contributed by atoms with E-state index in [4.69, 9.17) is 21.1 Å². The smallest absolute Gasteiger partial charge is 0.255 e. The lowest BCUT2D eigenvalue weighted by molar-refractivity contribution is 0.0715. The van der Waals surface area contributed by atoms with Crippen LogP contribution in [-0.4, -0.2) is 49.0 Å². The molecule has 1 aliphatic heterocycles. The van der Waals surface area contributed by atoms with E-state index < -0.39 is 0 Å². The van der Waals surface area contributed by atoms with E-state index in [9.17, 15) is 4.79 Å². The van der Waals surface area contributed by atoms with Crippen molar-refractivity contribution in [3.8, 4) is 11.5 Å². The van der Waals surface area contributed by atoms with Crippen LogP contribution >= 0.6 is 11.6 Å². The first-order valence-corrected chi connectivity index (χ1v) is 12.6. The minimum absolute atomic E-state index is 0.0593. The van der Waals surface area contributed by atoms with Crippen LogP contribution in [0, 0.1) is 0 Å². The van der Waals surface area contributed by atoms with Gasteiger partial charge in [0.1, 0.15) is 6.61 Å². The van der Waals surface area contributed by atoms with E-state index in [1.807, 2.05) is 65.6 Å². The fraction of sp³-hybridized carbons (Fsp3) is 0.345. The number of carbonyl (C=O) groups is 1. The molecule has 6 heteroatoms. The molecule has 0 radical (unpaired) electrons. The first kappa shape index (κ1) is 25.1. The molecule has 0 atom stereocenters. The highest BCUT2D eigenvalue weighted by Crippen LogP contribution is 2.30. The molecule has 0 saturated carbocycles. The van der Waals surface area contributed by atoms with E-state index in [1.54, 1.807) is 19.2 Å². The van der Waals surface area contributed by atoms with Crippen molar-refractivity contribution in [2.24, 2.45) is 0 Å². The van der Waals surface area contributed by atoms with E-state index in [0.717, 1.165) is 30.8 Å². The summed E-state index contributed by atoms with van der Waals surface area (Å²) in [6, 6.07) is 23.1. The van der Waals surface area contributed by atoms with Crippen LogP contribution in [0.3, 0.4) is 0 Å². The number of benzene rings is 3. The second kappa shape index (κ2) is 12.6. The van der Waals surface area contributed by atoms with Gasteiger partial charge in [0.05, 0.1) is 17.7 Å². The number of amides is 1. The average molecular weight is 493 g/mol. The molecular weight excluding hydrogens is 460 g/mol. The van der Waals surface area contributed by atoms with Crippen LogP contribution in [0.2, 0.25) is 5.02 Å². The standard InChI is InChI=1S/C29H33ClN2O3/c1-34-28-20-24(14-15-27(28)35-22-23-10-4-2-5-11-23)21-32(19-18-31-16-8-3-9-17-31)29(33)25-12-6-7-13-26(25)30/h2,4-7,10-15,20H,3,8-9,16-19,21-22H2,1H3. The van der Waals surface area contributed by atoms with Gasteiger partial charge in [-0.25, -0.2) is 0 Å². The lowest BCUT2D eigenvalue weighted by atomic mass is 10.1. The SMILES string of the molecule is COc1cc(CN(CCN2CCCCC2)C(=O)c2ccccc2Cl)ccc1OCc1ccccc1. The molecule has 0 aliphatic carbocycles. The zero-order valence-corrected chi connectivity index (χ0v) is 21.0. The fourth-order valence-corrected chi connectivity index (χ4v) is 4.60. The minimum Gasteiger partial charge on any atom is -0.493 e. The summed E-state index contributed by atoms with van der Waals surface area (Å²) in [7, 11) is 1.64. The van der Waals surface area contributed by atoms with Gasteiger partial charge in [0.2, 0.25) is 0 Å². The van der Waals surface area contributed by atoms with Gasteiger partial charge in [-0.2, -0.15) is 0 Å². The number of rotatable bonds is 10. The number of halogens is 1. The summed E-state index contributed by atoms with van der Waals surface area (Å²) in [6.45, 7) is 4.60. The van der Waals surface area contributed by atoms with Crippen LogP contribution in [0.25, 0.3) is 0 Å². The van der Waals surface area contributed by atoms with Gasteiger partial charge in [-0.3, -0.25) is 4.79 Å². The van der Waals surface area contributed by atoms with Gasteiger partial charge < -0.3 is 19.3 Å². The van der Waals surface area contributed by atoms with Crippen LogP contribution < -0.4 is 9.47 Å². The van der Waals surface area contributed by atoms with Crippen molar-refractivity contribution < 1.29 is 14.3 Å². The van der Waals surface area contributed by atoms with Crippen molar-refractivity contribution >= 4 is 17.5 Å². The zero-order chi connectivity index (χ0) is 24.5. The van der Waals surface area contributed by atoms with E-state index in [1.165, 1.54) is 19.3 Å². The van der Waals surface area contributed by atoms with Crippen LogP contribution in [-0.2, 0) is 13.2 Å². The van der Waals surface area contributed by atoms with Gasteiger partial charge in [0.15, 0.2) is 11.5 Å². The van der Waals surface area contributed by atoms with E-state index in [-0.39, 0.29) is 5.91 Å². The Bertz CT molecular complexity index is 1100. The van der Waals surface area contributed by atoms with Crippen LogP contribution in [0.15, 0.2) is 72.8 Å². The molecule has 0 spiro atoms. The first-order valence-electron chi connectivity index (χ1n) is 12.2. The lowest BCUT2D eigenvalue weighted by Gasteiger charge is -2.30. The van der Waals surface area contributed by atoms with Crippen molar-refractivity contribution in [2.75, 3.05) is 33.3 Å². The highest BCUT2D eigenvalue weighted by molar-refractivity contribution is 6.33. The zero-order valence-electron chi connectivity index (χ0n) is 20.3. The molecule has 35 heavy (non-hydrogen) atoms.